The van der Waals surface area contributed by atoms with Gasteiger partial charge in [0, 0.05) is 43.1 Å². The number of hydrogen-bond donors (Lipinski definition) is 1. The number of rotatable bonds is 9. The number of hydrogen-bond acceptors (Lipinski definition) is 4. The number of hydrazone groups is 1. The highest BCUT2D eigenvalue weighted by atomic mass is 16.2. The van der Waals surface area contributed by atoms with Crippen LogP contribution in [-0.4, -0.2) is 38.9 Å². The molecule has 0 atom stereocenters. The van der Waals surface area contributed by atoms with Gasteiger partial charge in [-0.05, 0) is 11.1 Å². The van der Waals surface area contributed by atoms with Crippen LogP contribution in [0.1, 0.15) is 36.0 Å². The molecule has 2 heterocycles. The first-order valence-electron chi connectivity index (χ1n) is 12.5. The van der Waals surface area contributed by atoms with E-state index in [1.165, 1.54) is 5.01 Å². The van der Waals surface area contributed by atoms with E-state index < -0.39 is 0 Å². The Bertz CT molecular complexity index is 1380. The van der Waals surface area contributed by atoms with E-state index in [9.17, 15) is 9.59 Å². The highest BCUT2D eigenvalue weighted by Gasteiger charge is 2.22. The van der Waals surface area contributed by atoms with Crippen LogP contribution in [0.5, 0.6) is 0 Å². The molecule has 1 aromatic heterocycles. The van der Waals surface area contributed by atoms with Crippen molar-refractivity contribution in [2.75, 3.05) is 6.54 Å². The van der Waals surface area contributed by atoms with Gasteiger partial charge in [0.15, 0.2) is 0 Å². The van der Waals surface area contributed by atoms with Crippen molar-refractivity contribution in [1.29, 1.82) is 0 Å². The van der Waals surface area contributed by atoms with Gasteiger partial charge in [0.05, 0.1) is 24.5 Å². The number of carbonyl (C=O) groups excluding carboxylic acids is 2. The highest BCUT2D eigenvalue weighted by Crippen LogP contribution is 2.22. The first-order chi connectivity index (χ1) is 18.2. The topological polar surface area (TPSA) is 79.6 Å². The van der Waals surface area contributed by atoms with Gasteiger partial charge in [-0.1, -0.05) is 91.0 Å². The summed E-state index contributed by atoms with van der Waals surface area (Å²) in [6.45, 7) is 1.53. The molecule has 0 saturated carbocycles. The fourth-order valence-corrected chi connectivity index (χ4v) is 4.38. The zero-order valence-corrected chi connectivity index (χ0v) is 20.6. The lowest BCUT2D eigenvalue weighted by atomic mass is 10.1. The van der Waals surface area contributed by atoms with Gasteiger partial charge in [0.1, 0.15) is 0 Å². The van der Waals surface area contributed by atoms with Crippen molar-refractivity contribution in [3.05, 3.63) is 114 Å². The van der Waals surface area contributed by atoms with Crippen molar-refractivity contribution in [1.82, 2.24) is 20.1 Å². The predicted molar refractivity (Wildman–Crippen MR) is 144 cm³/mol. The summed E-state index contributed by atoms with van der Waals surface area (Å²) in [6, 6.07) is 29.9. The molecule has 1 aliphatic heterocycles. The van der Waals surface area contributed by atoms with Crippen LogP contribution in [0.25, 0.3) is 11.3 Å². The Balaban J connectivity index is 1.19. The van der Waals surface area contributed by atoms with E-state index in [4.69, 9.17) is 5.10 Å². The van der Waals surface area contributed by atoms with E-state index in [0.29, 0.717) is 19.6 Å². The largest absolute Gasteiger partial charge is 0.352 e. The molecular weight excluding hydrogens is 462 g/mol. The summed E-state index contributed by atoms with van der Waals surface area (Å²) in [5.41, 5.74) is 5.84. The summed E-state index contributed by atoms with van der Waals surface area (Å²) in [6.07, 6.45) is 2.93. The van der Waals surface area contributed by atoms with Crippen LogP contribution in [-0.2, 0) is 22.7 Å². The molecule has 1 N–H and O–H groups in total. The minimum Gasteiger partial charge on any atom is -0.352 e. The van der Waals surface area contributed by atoms with Crippen molar-refractivity contribution in [2.45, 2.75) is 32.4 Å². The lowest BCUT2D eigenvalue weighted by Crippen LogP contribution is -2.27. The van der Waals surface area contributed by atoms with E-state index in [1.54, 1.807) is 0 Å². The second-order valence-electron chi connectivity index (χ2n) is 9.01. The molecule has 0 aliphatic carbocycles. The van der Waals surface area contributed by atoms with Crippen molar-refractivity contribution < 1.29 is 9.59 Å². The summed E-state index contributed by atoms with van der Waals surface area (Å²) in [7, 11) is 0. The number of nitrogens with one attached hydrogen (secondary N) is 1. The Morgan fingerprint density at radius 2 is 1.46 bits per heavy atom. The Hall–Kier alpha value is -4.52. The van der Waals surface area contributed by atoms with Crippen LogP contribution in [0.2, 0.25) is 0 Å². The minimum absolute atomic E-state index is 0.115. The first kappa shape index (κ1) is 24.2. The molecular formula is C30H29N5O2. The Labute approximate surface area is 216 Å². The molecule has 0 spiro atoms. The fraction of sp³-hybridized carbons (Fsp3) is 0.200. The average molecular weight is 492 g/mol. The molecule has 5 rings (SSSR count). The lowest BCUT2D eigenvalue weighted by Gasteiger charge is -2.11. The number of carbonyl (C=O) groups is 2. The second-order valence-corrected chi connectivity index (χ2v) is 9.01. The second kappa shape index (κ2) is 11.5. The van der Waals surface area contributed by atoms with Gasteiger partial charge in [-0.3, -0.25) is 14.3 Å². The number of nitrogens with zero attached hydrogens (tertiary/aromatic N) is 4. The van der Waals surface area contributed by atoms with Crippen molar-refractivity contribution in [3.63, 3.8) is 0 Å². The molecule has 7 heteroatoms. The molecule has 7 nitrogen and oxygen atoms in total. The van der Waals surface area contributed by atoms with E-state index in [0.717, 1.165) is 40.1 Å². The highest BCUT2D eigenvalue weighted by molar-refractivity contribution is 6.02. The first-order valence-corrected chi connectivity index (χ1v) is 12.5. The van der Waals surface area contributed by atoms with E-state index >= 15 is 0 Å². The van der Waals surface area contributed by atoms with Gasteiger partial charge >= 0.3 is 0 Å². The maximum Gasteiger partial charge on any atom is 0.243 e. The van der Waals surface area contributed by atoms with E-state index in [-0.39, 0.29) is 24.7 Å². The summed E-state index contributed by atoms with van der Waals surface area (Å²) in [4.78, 5) is 25.3. The maximum atomic E-state index is 12.6. The Morgan fingerprint density at radius 3 is 2.16 bits per heavy atom. The summed E-state index contributed by atoms with van der Waals surface area (Å²) < 4.78 is 1.90. The van der Waals surface area contributed by atoms with Gasteiger partial charge in [0.25, 0.3) is 0 Å². The summed E-state index contributed by atoms with van der Waals surface area (Å²) >= 11 is 0. The molecule has 0 radical (unpaired) electrons. The van der Waals surface area contributed by atoms with Gasteiger partial charge < -0.3 is 5.32 Å². The Kier molecular flexibility index (Phi) is 7.50. The molecule has 4 aromatic rings. The van der Waals surface area contributed by atoms with Crippen LogP contribution in [0.4, 0.5) is 0 Å². The zero-order chi connectivity index (χ0) is 25.5. The third kappa shape index (κ3) is 6.19. The van der Waals surface area contributed by atoms with Crippen LogP contribution in [0, 0.1) is 0 Å². The standard InChI is InChI=1S/C30H29N5O2/c36-28(16-17-29(37)35-19-18-27(32-35)24-12-6-2-7-13-24)31-20-26-22-34(21-23-10-4-1-5-11-23)33-30(26)25-14-8-3-9-15-25/h1-15,22H,16-21H2,(H,31,36). The smallest absolute Gasteiger partial charge is 0.243 e. The van der Waals surface area contributed by atoms with Crippen LogP contribution in [0.15, 0.2) is 102 Å². The summed E-state index contributed by atoms with van der Waals surface area (Å²) in [5, 5.41) is 13.7. The minimum atomic E-state index is -0.172. The van der Waals surface area contributed by atoms with Gasteiger partial charge in [-0.15, -0.1) is 0 Å². The molecule has 0 fully saturated rings. The van der Waals surface area contributed by atoms with E-state index in [2.05, 4.69) is 22.6 Å². The van der Waals surface area contributed by atoms with Gasteiger partial charge in [-0.2, -0.15) is 10.2 Å². The van der Waals surface area contributed by atoms with Crippen molar-refractivity contribution in [2.24, 2.45) is 5.10 Å². The fourth-order valence-electron chi connectivity index (χ4n) is 4.38. The van der Waals surface area contributed by atoms with Crippen molar-refractivity contribution >= 4 is 17.5 Å². The van der Waals surface area contributed by atoms with E-state index in [1.807, 2.05) is 89.7 Å². The predicted octanol–water partition coefficient (Wildman–Crippen LogP) is 4.63. The zero-order valence-electron chi connectivity index (χ0n) is 20.6. The normalized spacial score (nSPS) is 12.9. The number of amides is 2. The SMILES string of the molecule is O=C(CCC(=O)N1CCC(c2ccccc2)=N1)NCc1cn(Cc2ccccc2)nc1-c1ccccc1. The Morgan fingerprint density at radius 1 is 0.811 bits per heavy atom. The molecule has 0 unspecified atom stereocenters. The van der Waals surface area contributed by atoms with Gasteiger partial charge in [0.2, 0.25) is 11.8 Å². The molecule has 0 bridgehead atoms. The van der Waals surface area contributed by atoms with Crippen LogP contribution >= 0.6 is 0 Å². The van der Waals surface area contributed by atoms with Crippen LogP contribution in [0.3, 0.4) is 0 Å². The molecule has 37 heavy (non-hydrogen) atoms. The monoisotopic (exact) mass is 491 g/mol. The maximum absolute atomic E-state index is 12.6. The van der Waals surface area contributed by atoms with Crippen LogP contribution < -0.4 is 5.32 Å². The molecule has 0 saturated heterocycles. The number of aromatic nitrogens is 2. The lowest BCUT2D eigenvalue weighted by molar-refractivity contribution is -0.133. The van der Waals surface area contributed by atoms with Gasteiger partial charge in [-0.25, -0.2) is 5.01 Å². The average Bonchev–Trinajstić information content (AvgIpc) is 3.60. The van der Waals surface area contributed by atoms with Crippen molar-refractivity contribution in [3.8, 4) is 11.3 Å². The molecule has 3 aromatic carbocycles. The third-order valence-electron chi connectivity index (χ3n) is 6.31. The molecule has 186 valence electrons. The quantitative estimate of drug-likeness (QED) is 0.371. The number of benzene rings is 3. The summed E-state index contributed by atoms with van der Waals surface area (Å²) in [5.74, 6) is -0.309. The molecule has 2 amide bonds. The molecule has 1 aliphatic rings. The third-order valence-corrected chi connectivity index (χ3v) is 6.31.